The lowest BCUT2D eigenvalue weighted by atomic mass is 9.86. The molecule has 0 spiro atoms. The largest absolute Gasteiger partial charge is 0.317 e. The minimum atomic E-state index is -0.172. The normalized spacial score (nSPS) is 24.5. The SMILES string of the molecule is O=C1CC[C@H](c2ccc(C3CCNCC3)cc2)C(=O)N1. The molecule has 1 aromatic rings. The molecule has 0 aliphatic carbocycles. The van der Waals surface area contributed by atoms with Crippen molar-refractivity contribution in [1.82, 2.24) is 10.6 Å². The van der Waals surface area contributed by atoms with Crippen LogP contribution in [0.5, 0.6) is 0 Å². The Balaban J connectivity index is 1.72. The number of carbonyl (C=O) groups excluding carboxylic acids is 2. The molecule has 4 nitrogen and oxygen atoms in total. The van der Waals surface area contributed by atoms with Crippen LogP contribution in [-0.2, 0) is 9.59 Å². The molecule has 2 amide bonds. The Morgan fingerprint density at radius 3 is 2.20 bits per heavy atom. The Morgan fingerprint density at radius 2 is 1.55 bits per heavy atom. The quantitative estimate of drug-likeness (QED) is 0.805. The molecule has 2 fully saturated rings. The van der Waals surface area contributed by atoms with Crippen LogP contribution in [0.25, 0.3) is 0 Å². The molecule has 1 aromatic carbocycles. The third-order valence-electron chi connectivity index (χ3n) is 4.39. The van der Waals surface area contributed by atoms with Crippen LogP contribution in [0.2, 0.25) is 0 Å². The monoisotopic (exact) mass is 272 g/mol. The number of nitrogens with one attached hydrogen (secondary N) is 2. The number of amides is 2. The number of hydrogen-bond acceptors (Lipinski definition) is 3. The minimum absolute atomic E-state index is 0.155. The number of imide groups is 1. The Hall–Kier alpha value is -1.68. The molecule has 2 N–H and O–H groups in total. The van der Waals surface area contributed by atoms with Gasteiger partial charge in [0.15, 0.2) is 0 Å². The van der Waals surface area contributed by atoms with Crippen molar-refractivity contribution in [3.05, 3.63) is 35.4 Å². The van der Waals surface area contributed by atoms with Crippen molar-refractivity contribution in [3.63, 3.8) is 0 Å². The number of carbonyl (C=O) groups is 2. The molecule has 1 atom stereocenters. The van der Waals surface area contributed by atoms with Gasteiger partial charge in [-0.2, -0.15) is 0 Å². The molecule has 20 heavy (non-hydrogen) atoms. The highest BCUT2D eigenvalue weighted by Gasteiger charge is 2.28. The standard InChI is InChI=1S/C16H20N2O2/c19-15-6-5-14(16(20)18-15)13-3-1-11(2-4-13)12-7-9-17-10-8-12/h1-4,12,14,17H,5-10H2,(H,18,19,20)/t14-/m1/s1. The van der Waals surface area contributed by atoms with Gasteiger partial charge in [0.1, 0.15) is 0 Å². The van der Waals surface area contributed by atoms with E-state index in [0.29, 0.717) is 18.8 Å². The predicted octanol–water partition coefficient (Wildman–Crippen LogP) is 1.67. The van der Waals surface area contributed by atoms with Crippen molar-refractivity contribution in [2.24, 2.45) is 0 Å². The zero-order valence-electron chi connectivity index (χ0n) is 11.5. The van der Waals surface area contributed by atoms with E-state index in [1.807, 2.05) is 0 Å². The maximum absolute atomic E-state index is 11.9. The van der Waals surface area contributed by atoms with Gasteiger partial charge in [-0.3, -0.25) is 14.9 Å². The summed E-state index contributed by atoms with van der Waals surface area (Å²) in [5, 5.41) is 5.79. The van der Waals surface area contributed by atoms with Gasteiger partial charge in [-0.15, -0.1) is 0 Å². The van der Waals surface area contributed by atoms with Crippen LogP contribution >= 0.6 is 0 Å². The van der Waals surface area contributed by atoms with Gasteiger partial charge in [-0.25, -0.2) is 0 Å². The molecule has 2 aliphatic rings. The van der Waals surface area contributed by atoms with E-state index in [-0.39, 0.29) is 17.7 Å². The molecule has 2 aliphatic heterocycles. The van der Waals surface area contributed by atoms with Crippen LogP contribution in [0.15, 0.2) is 24.3 Å². The molecule has 0 bridgehead atoms. The van der Waals surface area contributed by atoms with E-state index in [2.05, 4.69) is 34.9 Å². The van der Waals surface area contributed by atoms with E-state index >= 15 is 0 Å². The fourth-order valence-corrected chi connectivity index (χ4v) is 3.17. The van der Waals surface area contributed by atoms with Crippen molar-refractivity contribution in [2.75, 3.05) is 13.1 Å². The van der Waals surface area contributed by atoms with Gasteiger partial charge in [0.25, 0.3) is 0 Å². The maximum atomic E-state index is 11.9. The Labute approximate surface area is 118 Å². The summed E-state index contributed by atoms with van der Waals surface area (Å²) in [6.07, 6.45) is 3.42. The lowest BCUT2D eigenvalue weighted by Crippen LogP contribution is -2.39. The third-order valence-corrected chi connectivity index (χ3v) is 4.39. The molecule has 0 radical (unpaired) electrons. The molecule has 0 saturated carbocycles. The first-order chi connectivity index (χ1) is 9.74. The van der Waals surface area contributed by atoms with Gasteiger partial charge >= 0.3 is 0 Å². The van der Waals surface area contributed by atoms with Crippen molar-refractivity contribution < 1.29 is 9.59 Å². The zero-order valence-corrected chi connectivity index (χ0v) is 11.5. The number of hydrogen-bond donors (Lipinski definition) is 2. The fourth-order valence-electron chi connectivity index (χ4n) is 3.17. The summed E-state index contributed by atoms with van der Waals surface area (Å²) >= 11 is 0. The summed E-state index contributed by atoms with van der Waals surface area (Å²) in [7, 11) is 0. The van der Waals surface area contributed by atoms with E-state index in [1.165, 1.54) is 18.4 Å². The molecule has 4 heteroatoms. The number of piperidine rings is 2. The molecule has 106 valence electrons. The second kappa shape index (κ2) is 5.75. The average molecular weight is 272 g/mol. The summed E-state index contributed by atoms with van der Waals surface area (Å²) in [4.78, 5) is 23.0. The van der Waals surface area contributed by atoms with Gasteiger partial charge in [0, 0.05) is 6.42 Å². The van der Waals surface area contributed by atoms with Crippen LogP contribution in [0.4, 0.5) is 0 Å². The number of benzene rings is 1. The molecule has 0 unspecified atom stereocenters. The molecule has 2 heterocycles. The molecule has 3 rings (SSSR count). The molecule has 0 aromatic heterocycles. The number of rotatable bonds is 2. The van der Waals surface area contributed by atoms with Gasteiger partial charge in [0.05, 0.1) is 5.92 Å². The van der Waals surface area contributed by atoms with Gasteiger partial charge < -0.3 is 5.32 Å². The van der Waals surface area contributed by atoms with Crippen molar-refractivity contribution in [2.45, 2.75) is 37.5 Å². The first-order valence-corrected chi connectivity index (χ1v) is 7.38. The first kappa shape index (κ1) is 13.3. The Kier molecular flexibility index (Phi) is 3.83. The van der Waals surface area contributed by atoms with Gasteiger partial charge in [-0.05, 0) is 49.4 Å². The summed E-state index contributed by atoms with van der Waals surface area (Å²) in [5.74, 6) is 0.148. The smallest absolute Gasteiger partial charge is 0.234 e. The minimum Gasteiger partial charge on any atom is -0.317 e. The fraction of sp³-hybridized carbons (Fsp3) is 0.500. The van der Waals surface area contributed by atoms with Crippen LogP contribution in [0, 0.1) is 0 Å². The van der Waals surface area contributed by atoms with E-state index in [9.17, 15) is 9.59 Å². The first-order valence-electron chi connectivity index (χ1n) is 7.38. The third kappa shape index (κ3) is 2.75. The lowest BCUT2D eigenvalue weighted by Gasteiger charge is -2.24. The highest BCUT2D eigenvalue weighted by atomic mass is 16.2. The van der Waals surface area contributed by atoms with Crippen molar-refractivity contribution in [3.8, 4) is 0 Å². The molecule has 2 saturated heterocycles. The van der Waals surface area contributed by atoms with Crippen LogP contribution in [0.3, 0.4) is 0 Å². The highest BCUT2D eigenvalue weighted by molar-refractivity contribution is 6.00. The average Bonchev–Trinajstić information content (AvgIpc) is 2.48. The predicted molar refractivity (Wildman–Crippen MR) is 76.4 cm³/mol. The highest BCUT2D eigenvalue weighted by Crippen LogP contribution is 2.29. The topological polar surface area (TPSA) is 58.2 Å². The maximum Gasteiger partial charge on any atom is 0.234 e. The lowest BCUT2D eigenvalue weighted by molar-refractivity contribution is -0.134. The van der Waals surface area contributed by atoms with E-state index in [4.69, 9.17) is 0 Å². The summed E-state index contributed by atoms with van der Waals surface area (Å²) < 4.78 is 0. The second-order valence-corrected chi connectivity index (χ2v) is 5.69. The van der Waals surface area contributed by atoms with E-state index in [1.54, 1.807) is 0 Å². The van der Waals surface area contributed by atoms with Crippen LogP contribution < -0.4 is 10.6 Å². The Bertz CT molecular complexity index is 504. The van der Waals surface area contributed by atoms with Gasteiger partial charge in [0.2, 0.25) is 11.8 Å². The Morgan fingerprint density at radius 1 is 0.900 bits per heavy atom. The van der Waals surface area contributed by atoms with E-state index < -0.39 is 0 Å². The van der Waals surface area contributed by atoms with E-state index in [0.717, 1.165) is 18.7 Å². The van der Waals surface area contributed by atoms with Crippen molar-refractivity contribution >= 4 is 11.8 Å². The molecular weight excluding hydrogens is 252 g/mol. The summed E-state index contributed by atoms with van der Waals surface area (Å²) in [6, 6.07) is 8.40. The molecular formula is C16H20N2O2. The second-order valence-electron chi connectivity index (χ2n) is 5.69. The summed E-state index contributed by atoms with van der Waals surface area (Å²) in [6.45, 7) is 2.17. The van der Waals surface area contributed by atoms with Crippen molar-refractivity contribution in [1.29, 1.82) is 0 Å². The zero-order chi connectivity index (χ0) is 13.9. The van der Waals surface area contributed by atoms with Crippen LogP contribution in [-0.4, -0.2) is 24.9 Å². The summed E-state index contributed by atoms with van der Waals surface area (Å²) in [5.41, 5.74) is 2.38. The van der Waals surface area contributed by atoms with Crippen LogP contribution in [0.1, 0.15) is 48.6 Å². The van der Waals surface area contributed by atoms with Gasteiger partial charge in [-0.1, -0.05) is 24.3 Å².